The summed E-state index contributed by atoms with van der Waals surface area (Å²) >= 11 is 0. The van der Waals surface area contributed by atoms with E-state index in [1.54, 1.807) is 6.92 Å². The predicted octanol–water partition coefficient (Wildman–Crippen LogP) is 5.30. The molecule has 0 saturated carbocycles. The van der Waals surface area contributed by atoms with Crippen LogP contribution in [0.5, 0.6) is 0 Å². The molecule has 0 unspecified atom stereocenters. The Hall–Kier alpha value is -0.493. The van der Waals surface area contributed by atoms with Gasteiger partial charge in [0.2, 0.25) is 0 Å². The predicted molar refractivity (Wildman–Crippen MR) is 102 cm³/mol. The molecule has 142 valence electrons. The Kier molecular flexibility index (Phi) is 14.5. The second kappa shape index (κ2) is 14.8. The monoisotopic (exact) mass is 358 g/mol. The van der Waals surface area contributed by atoms with Gasteiger partial charge in [-0.05, 0) is 38.2 Å². The molecule has 0 N–H and O–H groups in total. The number of Topliss-reactive ketones (excluding diaryl/α,β-unsaturated/α-hetero) is 1. The number of allylic oxidation sites excluding steroid dienone is 1. The molecule has 0 aliphatic rings. The van der Waals surface area contributed by atoms with Crippen molar-refractivity contribution in [3.05, 3.63) is 12.2 Å². The van der Waals surface area contributed by atoms with Gasteiger partial charge in [-0.25, -0.2) is 0 Å². The molecule has 0 bridgehead atoms. The zero-order chi connectivity index (χ0) is 18.3. The molecule has 0 rings (SSSR count). The van der Waals surface area contributed by atoms with Crippen molar-refractivity contribution in [2.75, 3.05) is 19.8 Å². The SMILES string of the molecule is C=C(C)C(=O)CCC[Si](OCCCC)(OCCCC)OCCCC. The first-order valence-electron chi connectivity index (χ1n) is 9.61. The summed E-state index contributed by atoms with van der Waals surface area (Å²) in [6.45, 7) is 14.0. The summed E-state index contributed by atoms with van der Waals surface area (Å²) in [5, 5.41) is 0. The van der Waals surface area contributed by atoms with Crippen molar-refractivity contribution in [2.45, 2.75) is 85.1 Å². The maximum atomic E-state index is 11.8. The van der Waals surface area contributed by atoms with Crippen LogP contribution in [-0.2, 0) is 18.1 Å². The highest BCUT2D eigenvalue weighted by atomic mass is 28.4. The zero-order valence-electron chi connectivity index (χ0n) is 16.3. The molecule has 0 atom stereocenters. The van der Waals surface area contributed by atoms with Crippen molar-refractivity contribution >= 4 is 14.6 Å². The molecule has 0 aromatic rings. The Morgan fingerprint density at radius 1 is 0.833 bits per heavy atom. The maximum absolute atomic E-state index is 11.8. The summed E-state index contributed by atoms with van der Waals surface area (Å²) < 4.78 is 18.5. The van der Waals surface area contributed by atoms with E-state index >= 15 is 0 Å². The number of unbranched alkanes of at least 4 members (excludes halogenated alkanes) is 3. The second-order valence-electron chi connectivity index (χ2n) is 6.35. The minimum Gasteiger partial charge on any atom is -0.373 e. The number of carbonyl (C=O) groups excluding carboxylic acids is 1. The summed E-state index contributed by atoms with van der Waals surface area (Å²) in [6.07, 6.45) is 7.51. The van der Waals surface area contributed by atoms with Gasteiger partial charge in [0, 0.05) is 32.3 Å². The molecule has 0 spiro atoms. The molecule has 0 radical (unpaired) electrons. The number of hydrogen-bond donors (Lipinski definition) is 0. The third-order valence-electron chi connectivity index (χ3n) is 3.82. The molecule has 0 aliphatic carbocycles. The van der Waals surface area contributed by atoms with Crippen LogP contribution in [0, 0.1) is 0 Å². The first-order valence-corrected chi connectivity index (χ1v) is 11.5. The number of rotatable bonds is 17. The molecule has 4 nitrogen and oxygen atoms in total. The highest BCUT2D eigenvalue weighted by Crippen LogP contribution is 2.22. The van der Waals surface area contributed by atoms with Gasteiger partial charge in [-0.1, -0.05) is 46.6 Å². The average molecular weight is 359 g/mol. The smallest absolute Gasteiger partial charge is 0.373 e. The molecule has 0 aromatic heterocycles. The van der Waals surface area contributed by atoms with Crippen molar-refractivity contribution < 1.29 is 18.1 Å². The van der Waals surface area contributed by atoms with Gasteiger partial charge in [-0.3, -0.25) is 4.79 Å². The molecule has 24 heavy (non-hydrogen) atoms. The topological polar surface area (TPSA) is 44.8 Å². The van der Waals surface area contributed by atoms with Crippen LogP contribution in [0.15, 0.2) is 12.2 Å². The van der Waals surface area contributed by atoms with Crippen LogP contribution in [0.3, 0.4) is 0 Å². The molecule has 0 aliphatic heterocycles. The Bertz CT molecular complexity index is 318. The highest BCUT2D eigenvalue weighted by Gasteiger charge is 2.40. The van der Waals surface area contributed by atoms with Crippen LogP contribution in [0.2, 0.25) is 6.04 Å². The molecule has 0 aromatic carbocycles. The molecular formula is C19H38O4Si. The number of carbonyl (C=O) groups is 1. The summed E-state index contributed by atoms with van der Waals surface area (Å²) in [5.41, 5.74) is 0.618. The molecule has 0 heterocycles. The molecule has 0 saturated heterocycles. The van der Waals surface area contributed by atoms with E-state index in [-0.39, 0.29) is 5.78 Å². The van der Waals surface area contributed by atoms with E-state index in [1.807, 2.05) is 0 Å². The molecule has 0 fully saturated rings. The van der Waals surface area contributed by atoms with E-state index in [9.17, 15) is 4.79 Å². The van der Waals surface area contributed by atoms with E-state index in [0.29, 0.717) is 37.9 Å². The summed E-state index contributed by atoms with van der Waals surface area (Å²) in [6, 6.07) is 0.711. The van der Waals surface area contributed by atoms with Gasteiger partial charge in [-0.2, -0.15) is 0 Å². The first kappa shape index (κ1) is 23.5. The fraction of sp³-hybridized carbons (Fsp3) is 0.842. The minimum absolute atomic E-state index is 0.119. The molecule has 0 amide bonds. The van der Waals surface area contributed by atoms with E-state index < -0.39 is 8.80 Å². The maximum Gasteiger partial charge on any atom is 0.500 e. The van der Waals surface area contributed by atoms with Gasteiger partial charge < -0.3 is 13.3 Å². The Morgan fingerprint density at radius 2 is 1.25 bits per heavy atom. The van der Waals surface area contributed by atoms with Gasteiger partial charge in [0.1, 0.15) is 0 Å². The Morgan fingerprint density at radius 3 is 1.58 bits per heavy atom. The van der Waals surface area contributed by atoms with Crippen molar-refractivity contribution in [2.24, 2.45) is 0 Å². The van der Waals surface area contributed by atoms with E-state index in [2.05, 4.69) is 27.4 Å². The van der Waals surface area contributed by atoms with Gasteiger partial charge in [0.25, 0.3) is 0 Å². The van der Waals surface area contributed by atoms with Crippen LogP contribution in [-0.4, -0.2) is 34.4 Å². The van der Waals surface area contributed by atoms with Gasteiger partial charge >= 0.3 is 8.80 Å². The minimum atomic E-state index is -2.69. The third kappa shape index (κ3) is 11.1. The Labute approximate surface area is 150 Å². The lowest BCUT2D eigenvalue weighted by atomic mass is 10.1. The largest absolute Gasteiger partial charge is 0.500 e. The Balaban J connectivity index is 4.76. The summed E-state index contributed by atoms with van der Waals surface area (Å²) in [4.78, 5) is 11.8. The van der Waals surface area contributed by atoms with Crippen molar-refractivity contribution in [3.8, 4) is 0 Å². The number of hydrogen-bond acceptors (Lipinski definition) is 4. The molecule has 5 heteroatoms. The van der Waals surface area contributed by atoms with E-state index in [0.717, 1.165) is 44.9 Å². The van der Waals surface area contributed by atoms with Crippen LogP contribution in [0.4, 0.5) is 0 Å². The van der Waals surface area contributed by atoms with Crippen LogP contribution in [0.1, 0.15) is 79.1 Å². The van der Waals surface area contributed by atoms with Gasteiger partial charge in [0.15, 0.2) is 5.78 Å². The van der Waals surface area contributed by atoms with Gasteiger partial charge in [0.05, 0.1) is 0 Å². The van der Waals surface area contributed by atoms with Crippen LogP contribution >= 0.6 is 0 Å². The first-order chi connectivity index (χ1) is 11.5. The van der Waals surface area contributed by atoms with Gasteiger partial charge in [-0.15, -0.1) is 0 Å². The second-order valence-corrected chi connectivity index (χ2v) is 9.08. The highest BCUT2D eigenvalue weighted by molar-refractivity contribution is 6.60. The summed E-state index contributed by atoms with van der Waals surface area (Å²) in [5.74, 6) is 0.119. The van der Waals surface area contributed by atoms with E-state index in [1.165, 1.54) is 0 Å². The van der Waals surface area contributed by atoms with Crippen LogP contribution < -0.4 is 0 Å². The summed E-state index contributed by atoms with van der Waals surface area (Å²) in [7, 11) is -2.69. The fourth-order valence-corrected chi connectivity index (χ4v) is 4.80. The van der Waals surface area contributed by atoms with Crippen molar-refractivity contribution in [1.82, 2.24) is 0 Å². The fourth-order valence-electron chi connectivity index (χ4n) is 2.14. The van der Waals surface area contributed by atoms with E-state index in [4.69, 9.17) is 13.3 Å². The van der Waals surface area contributed by atoms with Crippen LogP contribution in [0.25, 0.3) is 0 Å². The average Bonchev–Trinajstić information content (AvgIpc) is 2.55. The molecular weight excluding hydrogens is 320 g/mol. The van der Waals surface area contributed by atoms with Crippen molar-refractivity contribution in [1.29, 1.82) is 0 Å². The zero-order valence-corrected chi connectivity index (χ0v) is 17.3. The number of ketones is 1. The normalized spacial score (nSPS) is 11.7. The third-order valence-corrected chi connectivity index (χ3v) is 6.72. The quantitative estimate of drug-likeness (QED) is 0.201. The van der Waals surface area contributed by atoms with Crippen molar-refractivity contribution in [3.63, 3.8) is 0 Å². The standard InChI is InChI=1S/C19H38O4Si/c1-6-9-14-21-24(22-15-10-7-2,23-16-11-8-3)17-12-13-19(20)18(4)5/h4,6-17H2,1-3,5H3. The lowest BCUT2D eigenvalue weighted by Gasteiger charge is -2.30. The lowest BCUT2D eigenvalue weighted by molar-refractivity contribution is -0.115. The lowest BCUT2D eigenvalue weighted by Crippen LogP contribution is -2.46.